The van der Waals surface area contributed by atoms with E-state index < -0.39 is 75.1 Å². The van der Waals surface area contributed by atoms with Gasteiger partial charge in [-0.15, -0.1) is 0 Å². The van der Waals surface area contributed by atoms with Crippen LogP contribution in [0.1, 0.15) is 52.2 Å². The van der Waals surface area contributed by atoms with Crippen molar-refractivity contribution in [1.29, 1.82) is 0 Å². The lowest BCUT2D eigenvalue weighted by molar-refractivity contribution is -0.265. The number of nitrogens with one attached hydrogen (secondary N) is 1. The highest BCUT2D eigenvalue weighted by Gasteiger charge is 2.57. The van der Waals surface area contributed by atoms with Crippen molar-refractivity contribution in [2.24, 2.45) is 5.73 Å². The molecule has 0 radical (unpaired) electrons. The van der Waals surface area contributed by atoms with Crippen molar-refractivity contribution in [3.05, 3.63) is 70.0 Å². The molecule has 0 bridgehead atoms. The SMILES string of the molecule is CCOc1c(C(N)=O)cc([C@@](O)(CNC(=O)c2cc(OC)c3nn(C4CC4)cc3c2)C(F)(F)F)nc1-c1c(F)ccc(F)c1Cl. The normalized spacial score (nSPS) is 14.7. The highest BCUT2D eigenvalue weighted by Crippen LogP contribution is 2.44. The summed E-state index contributed by atoms with van der Waals surface area (Å²) in [5.41, 5.74) is -1.92. The Labute approximate surface area is 256 Å². The van der Waals surface area contributed by atoms with Crippen molar-refractivity contribution < 1.29 is 46.1 Å². The first-order chi connectivity index (χ1) is 21.2. The Morgan fingerprint density at radius 3 is 2.47 bits per heavy atom. The quantitative estimate of drug-likeness (QED) is 0.161. The number of methoxy groups -OCH3 is 1. The summed E-state index contributed by atoms with van der Waals surface area (Å²) in [6.45, 7) is -0.276. The molecule has 0 spiro atoms. The number of pyridine rings is 1. The number of nitrogens with two attached hydrogens (primary N) is 1. The van der Waals surface area contributed by atoms with Crippen LogP contribution >= 0.6 is 11.6 Å². The van der Waals surface area contributed by atoms with E-state index in [0.29, 0.717) is 29.1 Å². The van der Waals surface area contributed by atoms with Crippen molar-refractivity contribution in [1.82, 2.24) is 20.1 Å². The highest BCUT2D eigenvalue weighted by atomic mass is 35.5. The number of primary amides is 1. The third kappa shape index (κ3) is 5.84. The molecule has 2 amide bonds. The molecular formula is C29H25ClF5N5O5. The summed E-state index contributed by atoms with van der Waals surface area (Å²) in [6.07, 6.45) is -2.00. The number of fused-ring (bicyclic) bond motifs is 1. The zero-order valence-electron chi connectivity index (χ0n) is 23.6. The van der Waals surface area contributed by atoms with Gasteiger partial charge in [0.15, 0.2) is 5.75 Å². The third-order valence-electron chi connectivity index (χ3n) is 7.20. The molecule has 5 rings (SSSR count). The van der Waals surface area contributed by atoms with Gasteiger partial charge in [0.05, 0.1) is 48.1 Å². The number of aromatic nitrogens is 3. The lowest BCUT2D eigenvalue weighted by Crippen LogP contribution is -2.51. The number of nitrogens with zero attached hydrogens (tertiary/aromatic N) is 3. The van der Waals surface area contributed by atoms with Crippen LogP contribution in [0.2, 0.25) is 5.02 Å². The summed E-state index contributed by atoms with van der Waals surface area (Å²) in [4.78, 5) is 29.3. The van der Waals surface area contributed by atoms with E-state index in [9.17, 15) is 36.6 Å². The Bertz CT molecular complexity index is 1830. The van der Waals surface area contributed by atoms with Crippen LogP contribution in [0, 0.1) is 11.6 Å². The summed E-state index contributed by atoms with van der Waals surface area (Å²) in [6, 6.07) is 4.70. The first-order valence-corrected chi connectivity index (χ1v) is 13.8. The minimum absolute atomic E-state index is 0.106. The number of alkyl halides is 3. The minimum atomic E-state index is -5.54. The topological polar surface area (TPSA) is 142 Å². The molecule has 45 heavy (non-hydrogen) atoms. The molecule has 4 N–H and O–H groups in total. The molecule has 1 aliphatic rings. The number of ether oxygens (including phenoxy) is 2. The Hall–Kier alpha value is -4.50. The highest BCUT2D eigenvalue weighted by molar-refractivity contribution is 6.33. The molecular weight excluding hydrogens is 629 g/mol. The number of benzene rings is 2. The number of carbonyl (C=O) groups excluding carboxylic acids is 2. The fraction of sp³-hybridized carbons (Fsp3) is 0.310. The molecule has 1 aliphatic carbocycles. The molecule has 0 saturated heterocycles. The van der Waals surface area contributed by atoms with Crippen molar-refractivity contribution in [2.75, 3.05) is 20.3 Å². The second-order valence-corrected chi connectivity index (χ2v) is 10.6. The largest absolute Gasteiger partial charge is 0.494 e. The van der Waals surface area contributed by atoms with Crippen LogP contribution < -0.4 is 20.5 Å². The summed E-state index contributed by atoms with van der Waals surface area (Å²) in [5, 5.41) is 17.2. The Morgan fingerprint density at radius 1 is 1.18 bits per heavy atom. The van der Waals surface area contributed by atoms with Gasteiger partial charge in [-0.3, -0.25) is 14.3 Å². The van der Waals surface area contributed by atoms with Gasteiger partial charge in [-0.05, 0) is 50.1 Å². The first-order valence-electron chi connectivity index (χ1n) is 13.5. The number of hydrogen-bond acceptors (Lipinski definition) is 7. The van der Waals surface area contributed by atoms with Gasteiger partial charge in [-0.1, -0.05) is 11.6 Å². The average molecular weight is 654 g/mol. The molecule has 2 aromatic heterocycles. The second-order valence-electron chi connectivity index (χ2n) is 10.2. The molecule has 2 aromatic carbocycles. The van der Waals surface area contributed by atoms with E-state index in [-0.39, 0.29) is 24.0 Å². The maximum atomic E-state index is 15.0. The smallest absolute Gasteiger partial charge is 0.424 e. The molecule has 0 unspecified atom stereocenters. The first kappa shape index (κ1) is 31.9. The van der Waals surface area contributed by atoms with Crippen LogP contribution in [-0.4, -0.2) is 58.1 Å². The third-order valence-corrected chi connectivity index (χ3v) is 7.57. The van der Waals surface area contributed by atoms with Gasteiger partial charge in [0.2, 0.25) is 5.60 Å². The van der Waals surface area contributed by atoms with E-state index in [1.165, 1.54) is 26.2 Å². The summed E-state index contributed by atoms with van der Waals surface area (Å²) >= 11 is 5.97. The summed E-state index contributed by atoms with van der Waals surface area (Å²) < 4.78 is 85.6. The minimum Gasteiger partial charge on any atom is -0.494 e. The van der Waals surface area contributed by atoms with Crippen molar-refractivity contribution in [2.45, 2.75) is 37.6 Å². The predicted molar refractivity (Wildman–Crippen MR) is 151 cm³/mol. The van der Waals surface area contributed by atoms with E-state index in [1.807, 2.05) is 5.32 Å². The van der Waals surface area contributed by atoms with E-state index in [1.54, 1.807) is 10.9 Å². The van der Waals surface area contributed by atoms with E-state index in [4.69, 9.17) is 26.8 Å². The Morgan fingerprint density at radius 2 is 1.87 bits per heavy atom. The molecule has 10 nitrogen and oxygen atoms in total. The van der Waals surface area contributed by atoms with Gasteiger partial charge in [-0.2, -0.15) is 18.3 Å². The van der Waals surface area contributed by atoms with Gasteiger partial charge in [0.25, 0.3) is 11.8 Å². The Balaban J connectivity index is 1.59. The number of aliphatic hydroxyl groups is 1. The fourth-order valence-electron chi connectivity index (χ4n) is 4.71. The number of amides is 2. The van der Waals surface area contributed by atoms with Gasteiger partial charge < -0.3 is 25.6 Å². The zero-order valence-corrected chi connectivity index (χ0v) is 24.4. The van der Waals surface area contributed by atoms with Crippen LogP contribution in [0.15, 0.2) is 36.5 Å². The maximum Gasteiger partial charge on any atom is 0.424 e. The monoisotopic (exact) mass is 653 g/mol. The molecule has 16 heteroatoms. The van der Waals surface area contributed by atoms with Crippen LogP contribution in [0.25, 0.3) is 22.2 Å². The Kier molecular flexibility index (Phi) is 8.35. The molecule has 1 atom stereocenters. The molecule has 4 aromatic rings. The van der Waals surface area contributed by atoms with E-state index in [2.05, 4.69) is 10.1 Å². The number of rotatable bonds is 10. The van der Waals surface area contributed by atoms with Crippen molar-refractivity contribution >= 4 is 34.3 Å². The molecule has 2 heterocycles. The second kappa shape index (κ2) is 11.8. The standard InChI is InChI=1S/C29H25ClF5N5O5/c1-3-45-25-16(26(36)41)10-20(38-24(25)21-17(31)6-7-18(32)22(21)30)28(43,29(33,34)35)12-37-27(42)13-8-14-11-40(15-4-5-15)39-23(14)19(9-13)44-2/h6-11,15,43H,3-5,12H2,1-2H3,(H2,36,41)(H,37,42)/t28-/m0/s1. The summed E-state index contributed by atoms with van der Waals surface area (Å²) in [7, 11) is 1.34. The zero-order chi connectivity index (χ0) is 32.8. The van der Waals surface area contributed by atoms with Crippen molar-refractivity contribution in [3.63, 3.8) is 0 Å². The predicted octanol–water partition coefficient (Wildman–Crippen LogP) is 5.05. The lowest BCUT2D eigenvalue weighted by Gasteiger charge is -2.31. The van der Waals surface area contributed by atoms with Gasteiger partial charge in [0, 0.05) is 17.1 Å². The fourth-order valence-corrected chi connectivity index (χ4v) is 4.96. The van der Waals surface area contributed by atoms with Gasteiger partial charge in [-0.25, -0.2) is 13.8 Å². The molecule has 1 fully saturated rings. The van der Waals surface area contributed by atoms with E-state index in [0.717, 1.165) is 12.8 Å². The van der Waals surface area contributed by atoms with Crippen LogP contribution in [0.3, 0.4) is 0 Å². The lowest BCUT2D eigenvalue weighted by atomic mass is 9.94. The number of halogens is 6. The summed E-state index contributed by atoms with van der Waals surface area (Å²) in [5.74, 6) is -5.14. The van der Waals surface area contributed by atoms with Gasteiger partial charge in [0.1, 0.15) is 28.6 Å². The van der Waals surface area contributed by atoms with Crippen molar-refractivity contribution in [3.8, 4) is 22.8 Å². The average Bonchev–Trinajstić information content (AvgIpc) is 3.75. The van der Waals surface area contributed by atoms with Crippen LogP contribution in [-0.2, 0) is 5.60 Å². The van der Waals surface area contributed by atoms with Crippen LogP contribution in [0.5, 0.6) is 11.5 Å². The maximum absolute atomic E-state index is 15.0. The number of carbonyl (C=O) groups is 2. The van der Waals surface area contributed by atoms with Crippen LogP contribution in [0.4, 0.5) is 22.0 Å². The molecule has 238 valence electrons. The molecule has 0 aliphatic heterocycles. The van der Waals surface area contributed by atoms with E-state index >= 15 is 0 Å². The number of hydrogen-bond donors (Lipinski definition) is 3. The van der Waals surface area contributed by atoms with Gasteiger partial charge >= 0.3 is 6.18 Å². The molecule has 1 saturated carbocycles.